The number of aryl methyl sites for hydroxylation is 2. The van der Waals surface area contributed by atoms with Crippen molar-refractivity contribution in [3.05, 3.63) is 53.9 Å². The van der Waals surface area contributed by atoms with E-state index in [9.17, 15) is 0 Å². The Bertz CT molecular complexity index is 523. The van der Waals surface area contributed by atoms with Crippen molar-refractivity contribution in [1.82, 2.24) is 4.98 Å². The number of nitrogens with zero attached hydrogens (tertiary/aromatic N) is 1. The number of rotatable bonds is 8. The summed E-state index contributed by atoms with van der Waals surface area (Å²) in [6.45, 7) is 2.92. The van der Waals surface area contributed by atoms with Crippen LogP contribution in [0.1, 0.15) is 18.2 Å². The van der Waals surface area contributed by atoms with Crippen LogP contribution in [0.2, 0.25) is 0 Å². The molecule has 1 aromatic carbocycles. The van der Waals surface area contributed by atoms with Gasteiger partial charge in [0.2, 0.25) is 0 Å². The Labute approximate surface area is 125 Å². The Morgan fingerprint density at radius 3 is 2.29 bits per heavy atom. The van der Waals surface area contributed by atoms with Crippen LogP contribution in [0.3, 0.4) is 0 Å². The molecule has 0 amide bonds. The lowest BCUT2D eigenvalue weighted by molar-refractivity contribution is 0.0508. The van der Waals surface area contributed by atoms with Gasteiger partial charge in [0.15, 0.2) is 6.79 Å². The highest BCUT2D eigenvalue weighted by Crippen LogP contribution is 2.15. The fourth-order valence-electron chi connectivity index (χ4n) is 1.96. The van der Waals surface area contributed by atoms with Crippen molar-refractivity contribution in [2.45, 2.75) is 19.8 Å². The number of aromatic nitrogens is 1. The van der Waals surface area contributed by atoms with Crippen molar-refractivity contribution in [3.63, 3.8) is 0 Å². The van der Waals surface area contributed by atoms with E-state index in [1.807, 2.05) is 31.2 Å². The van der Waals surface area contributed by atoms with Gasteiger partial charge in [0.1, 0.15) is 11.5 Å². The van der Waals surface area contributed by atoms with Crippen LogP contribution in [0.15, 0.2) is 42.6 Å². The van der Waals surface area contributed by atoms with Gasteiger partial charge in [-0.05, 0) is 49.6 Å². The maximum atomic E-state index is 5.43. The Kier molecular flexibility index (Phi) is 6.03. The van der Waals surface area contributed by atoms with Crippen molar-refractivity contribution < 1.29 is 14.2 Å². The minimum atomic E-state index is 0.243. The Balaban J connectivity index is 1.84. The fraction of sp³-hybridized carbons (Fsp3) is 0.353. The van der Waals surface area contributed by atoms with E-state index >= 15 is 0 Å². The van der Waals surface area contributed by atoms with Crippen LogP contribution in [0.5, 0.6) is 11.5 Å². The van der Waals surface area contributed by atoms with E-state index in [0.29, 0.717) is 6.61 Å². The summed E-state index contributed by atoms with van der Waals surface area (Å²) < 4.78 is 15.6. The second kappa shape index (κ2) is 8.27. The predicted octanol–water partition coefficient (Wildman–Crippen LogP) is 3.25. The summed E-state index contributed by atoms with van der Waals surface area (Å²) in [5.41, 5.74) is 2.33. The van der Waals surface area contributed by atoms with Gasteiger partial charge in [0, 0.05) is 12.8 Å². The fourth-order valence-corrected chi connectivity index (χ4v) is 1.96. The van der Waals surface area contributed by atoms with Gasteiger partial charge in [-0.1, -0.05) is 12.1 Å². The minimum absolute atomic E-state index is 0.243. The molecular formula is C17H21NO3. The highest BCUT2D eigenvalue weighted by atomic mass is 16.7. The summed E-state index contributed by atoms with van der Waals surface area (Å²) >= 11 is 0. The smallest absolute Gasteiger partial charge is 0.188 e. The third-order valence-electron chi connectivity index (χ3n) is 3.05. The number of pyridine rings is 1. The molecule has 0 aliphatic rings. The van der Waals surface area contributed by atoms with Gasteiger partial charge in [0.05, 0.1) is 12.8 Å². The Hall–Kier alpha value is -2.07. The van der Waals surface area contributed by atoms with Gasteiger partial charge in [0.25, 0.3) is 0 Å². The van der Waals surface area contributed by atoms with Gasteiger partial charge in [-0.25, -0.2) is 0 Å². The lowest BCUT2D eigenvalue weighted by atomic mass is 10.1. The topological polar surface area (TPSA) is 40.6 Å². The van der Waals surface area contributed by atoms with Crippen LogP contribution >= 0.6 is 0 Å². The zero-order valence-electron chi connectivity index (χ0n) is 12.5. The standard InChI is InChI=1S/C17H21NO3/c1-3-20-16-9-5-14(6-10-16)4-7-15-8-11-17(12-18-15)21-13-19-2/h5-6,8-12H,3-4,7,13H2,1-2H3. The van der Waals surface area contributed by atoms with Crippen LogP contribution in [0.4, 0.5) is 0 Å². The molecule has 0 atom stereocenters. The predicted molar refractivity (Wildman–Crippen MR) is 81.8 cm³/mol. The average Bonchev–Trinajstić information content (AvgIpc) is 2.53. The number of ether oxygens (including phenoxy) is 3. The lowest BCUT2D eigenvalue weighted by Gasteiger charge is -2.06. The van der Waals surface area contributed by atoms with Crippen LogP contribution in [-0.2, 0) is 17.6 Å². The maximum absolute atomic E-state index is 5.43. The summed E-state index contributed by atoms with van der Waals surface area (Å²) in [5.74, 6) is 1.64. The molecule has 4 heteroatoms. The van der Waals surface area contributed by atoms with E-state index in [2.05, 4.69) is 17.1 Å². The second-order valence-corrected chi connectivity index (χ2v) is 4.61. The lowest BCUT2D eigenvalue weighted by Crippen LogP contribution is -2.00. The van der Waals surface area contributed by atoms with Crippen LogP contribution < -0.4 is 9.47 Å². The summed E-state index contributed by atoms with van der Waals surface area (Å²) in [6.07, 6.45) is 3.59. The van der Waals surface area contributed by atoms with Crippen molar-refractivity contribution in [2.24, 2.45) is 0 Å². The molecule has 1 aromatic heterocycles. The first kappa shape index (κ1) is 15.3. The quantitative estimate of drug-likeness (QED) is 0.699. The zero-order valence-corrected chi connectivity index (χ0v) is 12.5. The monoisotopic (exact) mass is 287 g/mol. The van der Waals surface area contributed by atoms with Crippen molar-refractivity contribution in [3.8, 4) is 11.5 Å². The first-order chi connectivity index (χ1) is 10.3. The van der Waals surface area contributed by atoms with E-state index in [0.717, 1.165) is 30.0 Å². The summed E-state index contributed by atoms with van der Waals surface area (Å²) in [7, 11) is 1.60. The molecule has 0 spiro atoms. The van der Waals surface area contributed by atoms with Gasteiger partial charge in [-0.15, -0.1) is 0 Å². The molecule has 0 aliphatic carbocycles. The van der Waals surface area contributed by atoms with Crippen molar-refractivity contribution in [1.29, 1.82) is 0 Å². The molecule has 0 aliphatic heterocycles. The molecule has 4 nitrogen and oxygen atoms in total. The number of hydrogen-bond donors (Lipinski definition) is 0. The normalized spacial score (nSPS) is 10.4. The molecule has 0 unspecified atom stereocenters. The first-order valence-corrected chi connectivity index (χ1v) is 7.10. The van der Waals surface area contributed by atoms with E-state index in [1.165, 1.54) is 5.56 Å². The molecule has 0 saturated carbocycles. The summed E-state index contributed by atoms with van der Waals surface area (Å²) in [5, 5.41) is 0. The van der Waals surface area contributed by atoms with E-state index in [-0.39, 0.29) is 6.79 Å². The van der Waals surface area contributed by atoms with Gasteiger partial charge in [-0.2, -0.15) is 0 Å². The third-order valence-corrected chi connectivity index (χ3v) is 3.05. The molecule has 0 N–H and O–H groups in total. The van der Waals surface area contributed by atoms with E-state index in [1.54, 1.807) is 13.3 Å². The number of benzene rings is 1. The summed E-state index contributed by atoms with van der Waals surface area (Å²) in [4.78, 5) is 4.39. The van der Waals surface area contributed by atoms with Gasteiger partial charge >= 0.3 is 0 Å². The SMILES string of the molecule is CCOc1ccc(CCc2ccc(OCOC)cn2)cc1. The Morgan fingerprint density at radius 2 is 1.67 bits per heavy atom. The maximum Gasteiger partial charge on any atom is 0.188 e. The highest BCUT2D eigenvalue weighted by molar-refractivity contribution is 5.28. The van der Waals surface area contributed by atoms with Crippen LogP contribution in [0.25, 0.3) is 0 Å². The number of hydrogen-bond acceptors (Lipinski definition) is 4. The zero-order chi connectivity index (χ0) is 14.9. The molecule has 0 radical (unpaired) electrons. The summed E-state index contributed by atoms with van der Waals surface area (Å²) in [6, 6.07) is 12.1. The average molecular weight is 287 g/mol. The van der Waals surface area contributed by atoms with E-state index in [4.69, 9.17) is 14.2 Å². The molecule has 112 valence electrons. The second-order valence-electron chi connectivity index (χ2n) is 4.61. The molecule has 1 heterocycles. The molecule has 2 aromatic rings. The molecule has 0 bridgehead atoms. The van der Waals surface area contributed by atoms with Crippen LogP contribution in [-0.4, -0.2) is 25.5 Å². The molecule has 0 saturated heterocycles. The van der Waals surface area contributed by atoms with Crippen molar-refractivity contribution >= 4 is 0 Å². The molecule has 0 fully saturated rings. The van der Waals surface area contributed by atoms with Crippen molar-refractivity contribution in [2.75, 3.05) is 20.5 Å². The Morgan fingerprint density at radius 1 is 0.905 bits per heavy atom. The van der Waals surface area contributed by atoms with E-state index < -0.39 is 0 Å². The van der Waals surface area contributed by atoms with Crippen LogP contribution in [0, 0.1) is 0 Å². The molecule has 2 rings (SSSR count). The third kappa shape index (κ3) is 5.08. The first-order valence-electron chi connectivity index (χ1n) is 7.10. The van der Waals surface area contributed by atoms with Gasteiger partial charge < -0.3 is 14.2 Å². The highest BCUT2D eigenvalue weighted by Gasteiger charge is 2.00. The molecular weight excluding hydrogens is 266 g/mol. The number of methoxy groups -OCH3 is 1. The molecule has 21 heavy (non-hydrogen) atoms. The van der Waals surface area contributed by atoms with Gasteiger partial charge in [-0.3, -0.25) is 4.98 Å². The largest absolute Gasteiger partial charge is 0.494 e. The minimum Gasteiger partial charge on any atom is -0.494 e.